The summed E-state index contributed by atoms with van der Waals surface area (Å²) in [6.07, 6.45) is 3.86. The van der Waals surface area contributed by atoms with E-state index in [0.717, 1.165) is 35.0 Å². The molecule has 1 aromatic rings. The highest BCUT2D eigenvalue weighted by atomic mass is 31.0. The number of methoxy groups -OCH3 is 1. The second kappa shape index (κ2) is 11.4. The number of nitrogens with zero attached hydrogens (tertiary/aromatic N) is 2. The molecular weight excluding hydrogens is 353 g/mol. The molecule has 0 radical (unpaired) electrons. The van der Waals surface area contributed by atoms with E-state index in [1.807, 2.05) is 25.1 Å². The van der Waals surface area contributed by atoms with Crippen LogP contribution in [0.15, 0.2) is 58.3 Å². The Hall–Kier alpha value is -2.37. The Morgan fingerprint density at radius 3 is 2.59 bits per heavy atom. The molecule has 0 spiro atoms. The zero-order valence-corrected chi connectivity index (χ0v) is 18.2. The minimum absolute atomic E-state index is 0.560. The molecule has 0 aliphatic carbocycles. The second-order valence-corrected chi connectivity index (χ2v) is 6.96. The van der Waals surface area contributed by atoms with Gasteiger partial charge in [0.15, 0.2) is 0 Å². The van der Waals surface area contributed by atoms with Gasteiger partial charge in [-0.1, -0.05) is 36.8 Å². The lowest BCUT2D eigenvalue weighted by Crippen LogP contribution is -2.22. The van der Waals surface area contributed by atoms with Crippen LogP contribution in [0, 0.1) is 11.3 Å². The largest absolute Gasteiger partial charge is 0.480 e. The van der Waals surface area contributed by atoms with E-state index < -0.39 is 0 Å². The highest BCUT2D eigenvalue weighted by Crippen LogP contribution is 2.20. The summed E-state index contributed by atoms with van der Waals surface area (Å²) >= 11 is 0. The van der Waals surface area contributed by atoms with Gasteiger partial charge in [0.05, 0.1) is 24.4 Å². The topological polar surface area (TPSA) is 57.4 Å². The van der Waals surface area contributed by atoms with Crippen LogP contribution in [-0.4, -0.2) is 20.1 Å². The van der Waals surface area contributed by atoms with Crippen LogP contribution in [0.1, 0.15) is 44.7 Å². The SMILES string of the molecule is C=C(C)/C(C/C=C(NCc1ccc(C#N)c(P)c1)\C(=N/C)OC)=C(/C)CC. The number of nitrogens with one attached hydrogen (secondary N) is 1. The maximum atomic E-state index is 9.06. The maximum Gasteiger partial charge on any atom is 0.231 e. The van der Waals surface area contributed by atoms with Gasteiger partial charge in [-0.25, -0.2) is 0 Å². The molecule has 0 bridgehead atoms. The Morgan fingerprint density at radius 1 is 1.41 bits per heavy atom. The van der Waals surface area contributed by atoms with Gasteiger partial charge >= 0.3 is 0 Å². The quantitative estimate of drug-likeness (QED) is 0.313. The molecule has 1 N–H and O–H groups in total. The van der Waals surface area contributed by atoms with Crippen molar-refractivity contribution < 1.29 is 4.74 Å². The summed E-state index contributed by atoms with van der Waals surface area (Å²) in [6, 6.07) is 7.95. The molecule has 4 nitrogen and oxygen atoms in total. The third-order valence-corrected chi connectivity index (χ3v) is 4.89. The van der Waals surface area contributed by atoms with Crippen LogP contribution in [0.25, 0.3) is 0 Å². The summed E-state index contributed by atoms with van der Waals surface area (Å²) < 4.78 is 5.42. The predicted octanol–water partition coefficient (Wildman–Crippen LogP) is 4.40. The lowest BCUT2D eigenvalue weighted by atomic mass is 9.98. The summed E-state index contributed by atoms with van der Waals surface area (Å²) in [5, 5.41) is 13.4. The highest BCUT2D eigenvalue weighted by Gasteiger charge is 2.09. The van der Waals surface area contributed by atoms with Gasteiger partial charge < -0.3 is 10.1 Å². The molecule has 0 saturated carbocycles. The molecule has 5 heteroatoms. The van der Waals surface area contributed by atoms with Gasteiger partial charge in [-0.05, 0) is 55.3 Å². The molecule has 0 saturated heterocycles. The van der Waals surface area contributed by atoms with Crippen molar-refractivity contribution in [2.45, 2.75) is 40.2 Å². The molecule has 144 valence electrons. The first-order chi connectivity index (χ1) is 12.9. The van der Waals surface area contributed by atoms with Crippen molar-refractivity contribution in [3.05, 3.63) is 64.4 Å². The molecule has 0 aliphatic rings. The third kappa shape index (κ3) is 6.70. The molecular formula is C22H30N3OP. The fraction of sp³-hybridized carbons (Fsp3) is 0.364. The number of hydrogen-bond donors (Lipinski definition) is 1. The van der Waals surface area contributed by atoms with Crippen molar-refractivity contribution in [3.63, 3.8) is 0 Å². The minimum atomic E-state index is 0.560. The normalized spacial score (nSPS) is 12.9. The van der Waals surface area contributed by atoms with E-state index in [1.165, 1.54) is 11.1 Å². The van der Waals surface area contributed by atoms with E-state index in [2.05, 4.69) is 52.1 Å². The van der Waals surface area contributed by atoms with Crippen molar-refractivity contribution in [2.75, 3.05) is 14.2 Å². The van der Waals surface area contributed by atoms with Gasteiger partial charge in [-0.15, -0.1) is 9.24 Å². The average Bonchev–Trinajstić information content (AvgIpc) is 2.65. The van der Waals surface area contributed by atoms with Crippen LogP contribution in [0.3, 0.4) is 0 Å². The lowest BCUT2D eigenvalue weighted by molar-refractivity contribution is 0.399. The van der Waals surface area contributed by atoms with E-state index in [9.17, 15) is 0 Å². The van der Waals surface area contributed by atoms with E-state index in [4.69, 9.17) is 10.00 Å². The lowest BCUT2D eigenvalue weighted by Gasteiger charge is -2.15. The number of aliphatic imine (C=N–C) groups is 1. The monoisotopic (exact) mass is 383 g/mol. The maximum absolute atomic E-state index is 9.06. The van der Waals surface area contributed by atoms with Crippen LogP contribution < -0.4 is 10.6 Å². The number of rotatable bonds is 8. The van der Waals surface area contributed by atoms with Crippen molar-refractivity contribution in [3.8, 4) is 6.07 Å². The molecule has 1 unspecified atom stereocenters. The summed E-state index contributed by atoms with van der Waals surface area (Å²) in [5.74, 6) is 0.560. The first-order valence-corrected chi connectivity index (χ1v) is 9.53. The van der Waals surface area contributed by atoms with E-state index in [1.54, 1.807) is 14.2 Å². The Labute approximate surface area is 165 Å². The first-order valence-electron chi connectivity index (χ1n) is 8.96. The van der Waals surface area contributed by atoms with Gasteiger partial charge in [0, 0.05) is 13.6 Å². The van der Waals surface area contributed by atoms with Crippen molar-refractivity contribution in [1.82, 2.24) is 5.32 Å². The summed E-state index contributed by atoms with van der Waals surface area (Å²) in [5.41, 5.74) is 6.27. The zero-order valence-electron chi connectivity index (χ0n) is 17.0. The fourth-order valence-electron chi connectivity index (χ4n) is 2.71. The van der Waals surface area contributed by atoms with Gasteiger partial charge in [-0.3, -0.25) is 4.99 Å². The molecule has 0 amide bonds. The molecule has 27 heavy (non-hydrogen) atoms. The molecule has 1 atom stereocenters. The molecule has 0 heterocycles. The number of benzene rings is 1. The average molecular weight is 383 g/mol. The number of nitriles is 1. The number of allylic oxidation sites excluding steroid dienone is 4. The molecule has 0 aliphatic heterocycles. The Morgan fingerprint density at radius 2 is 2.11 bits per heavy atom. The first kappa shape index (κ1) is 22.7. The van der Waals surface area contributed by atoms with Gasteiger partial charge in [-0.2, -0.15) is 5.26 Å². The van der Waals surface area contributed by atoms with E-state index in [-0.39, 0.29) is 0 Å². The molecule has 1 rings (SSSR count). The Bertz CT molecular complexity index is 813. The van der Waals surface area contributed by atoms with Crippen molar-refractivity contribution >= 4 is 20.4 Å². The Balaban J connectivity index is 3.07. The van der Waals surface area contributed by atoms with Crippen LogP contribution in [0.2, 0.25) is 0 Å². The van der Waals surface area contributed by atoms with Crippen LogP contribution in [0.5, 0.6) is 0 Å². The van der Waals surface area contributed by atoms with E-state index in [0.29, 0.717) is 18.0 Å². The molecule has 1 aromatic carbocycles. The summed E-state index contributed by atoms with van der Waals surface area (Å²) in [6.45, 7) is 11.1. The standard InChI is InChI=1S/C22H30N3OP/c1-7-16(4)19(15(2)3)10-11-20(22(24-5)26-6)25-14-17-8-9-18(13-23)21(27)12-17/h8-9,11-12,25H,2,7,10,14,27H2,1,3-6H3/b19-16-,20-11+,24-22+. The molecule has 0 aromatic heterocycles. The smallest absolute Gasteiger partial charge is 0.231 e. The third-order valence-electron chi connectivity index (χ3n) is 4.42. The summed E-state index contributed by atoms with van der Waals surface area (Å²) in [7, 11) is 5.94. The number of ether oxygens (including phenoxy) is 1. The molecule has 0 fully saturated rings. The highest BCUT2D eigenvalue weighted by molar-refractivity contribution is 7.27. The van der Waals surface area contributed by atoms with Gasteiger partial charge in [0.2, 0.25) is 5.90 Å². The fourth-order valence-corrected chi connectivity index (χ4v) is 3.08. The van der Waals surface area contributed by atoms with Gasteiger partial charge in [0.1, 0.15) is 0 Å². The van der Waals surface area contributed by atoms with Crippen LogP contribution in [0.4, 0.5) is 0 Å². The van der Waals surface area contributed by atoms with Crippen LogP contribution in [-0.2, 0) is 11.3 Å². The second-order valence-electron chi connectivity index (χ2n) is 6.33. The zero-order chi connectivity index (χ0) is 20.4. The van der Waals surface area contributed by atoms with Crippen molar-refractivity contribution in [2.24, 2.45) is 4.99 Å². The Kier molecular flexibility index (Phi) is 9.54. The minimum Gasteiger partial charge on any atom is -0.480 e. The van der Waals surface area contributed by atoms with Crippen LogP contribution >= 0.6 is 9.24 Å². The van der Waals surface area contributed by atoms with Gasteiger partial charge in [0.25, 0.3) is 0 Å². The predicted molar refractivity (Wildman–Crippen MR) is 118 cm³/mol. The van der Waals surface area contributed by atoms with Crippen molar-refractivity contribution in [1.29, 1.82) is 5.26 Å². The van der Waals surface area contributed by atoms with E-state index >= 15 is 0 Å². The number of hydrogen-bond acceptors (Lipinski definition) is 4. The summed E-state index contributed by atoms with van der Waals surface area (Å²) in [4.78, 5) is 4.23.